The lowest BCUT2D eigenvalue weighted by molar-refractivity contribution is -0.184. The van der Waals surface area contributed by atoms with E-state index < -0.39 is 58.7 Å². The van der Waals surface area contributed by atoms with Crippen LogP contribution in [0.4, 0.5) is 0 Å². The van der Waals surface area contributed by atoms with Crippen LogP contribution in [0.3, 0.4) is 0 Å². The number of phenolic OH excluding ortho intramolecular Hbond substituents is 1. The number of aryl methyl sites for hydroxylation is 1. The normalized spacial score (nSPS) is 33.1. The maximum absolute atomic E-state index is 14.0. The summed E-state index contributed by atoms with van der Waals surface area (Å²) in [6.07, 6.45) is 4.90. The van der Waals surface area contributed by atoms with E-state index in [9.17, 15) is 34.8 Å². The molecule has 6 N–H and O–H groups in total. The highest BCUT2D eigenvalue weighted by molar-refractivity contribution is 7.99. The molecule has 0 radical (unpaired) electrons. The number of carbonyl (C=O) groups is 3. The van der Waals surface area contributed by atoms with Crippen LogP contribution in [0.2, 0.25) is 0 Å². The number of aliphatic hydroxyl groups is 3. The summed E-state index contributed by atoms with van der Waals surface area (Å²) >= 11 is 1.79. The average molecular weight is 559 g/mol. The summed E-state index contributed by atoms with van der Waals surface area (Å²) in [6, 6.07) is 1.05. The lowest BCUT2D eigenvalue weighted by atomic mass is 9.54. The van der Waals surface area contributed by atoms with E-state index in [1.807, 2.05) is 13.0 Å². The van der Waals surface area contributed by atoms with Crippen molar-refractivity contribution in [2.75, 3.05) is 14.1 Å². The van der Waals surface area contributed by atoms with Crippen LogP contribution in [0.25, 0.3) is 5.76 Å². The minimum Gasteiger partial charge on any atom is -0.507 e. The molecular weight excluding hydrogens is 520 g/mol. The number of likely N-dealkylation sites (N-methyl/N-ethyl adjacent to an activating group) is 1. The van der Waals surface area contributed by atoms with Gasteiger partial charge in [-0.2, -0.15) is 11.8 Å². The third kappa shape index (κ3) is 4.31. The third-order valence-corrected chi connectivity index (χ3v) is 10.8. The van der Waals surface area contributed by atoms with Gasteiger partial charge in [0.05, 0.1) is 11.7 Å². The fourth-order valence-corrected chi connectivity index (χ4v) is 8.78. The Bertz CT molecular complexity index is 1250. The molecule has 4 aliphatic carbocycles. The highest BCUT2D eigenvalue weighted by atomic mass is 32.2. The van der Waals surface area contributed by atoms with Gasteiger partial charge in [-0.05, 0) is 63.7 Å². The Morgan fingerprint density at radius 1 is 1.18 bits per heavy atom. The lowest BCUT2D eigenvalue weighted by Crippen LogP contribution is -2.73. The van der Waals surface area contributed by atoms with Gasteiger partial charge >= 0.3 is 0 Å². The molecule has 1 amide bonds. The van der Waals surface area contributed by atoms with Crippen LogP contribution in [0.15, 0.2) is 11.6 Å². The maximum Gasteiger partial charge on any atom is 0.230 e. The van der Waals surface area contributed by atoms with Crippen molar-refractivity contribution in [1.82, 2.24) is 4.90 Å². The predicted molar refractivity (Wildman–Crippen MR) is 147 cm³/mol. The Hall–Kier alpha value is -2.40. The Kier molecular flexibility index (Phi) is 7.37. The van der Waals surface area contributed by atoms with Crippen LogP contribution in [0, 0.1) is 24.7 Å². The number of ketones is 2. The Balaban J connectivity index is 1.57. The van der Waals surface area contributed by atoms with E-state index in [4.69, 9.17) is 5.73 Å². The van der Waals surface area contributed by atoms with E-state index in [2.05, 4.69) is 0 Å². The zero-order valence-corrected chi connectivity index (χ0v) is 23.5. The second-order valence-corrected chi connectivity index (χ2v) is 13.2. The minimum absolute atomic E-state index is 0.0872. The number of primary amides is 1. The summed E-state index contributed by atoms with van der Waals surface area (Å²) in [5.74, 6) is -6.52. The van der Waals surface area contributed by atoms with Crippen LogP contribution in [0.1, 0.15) is 60.8 Å². The zero-order chi connectivity index (χ0) is 28.4. The van der Waals surface area contributed by atoms with E-state index in [1.54, 1.807) is 30.8 Å². The molecule has 0 spiro atoms. The highest BCUT2D eigenvalue weighted by Gasteiger charge is 2.67. The number of nitrogens with two attached hydrogens (primary N) is 1. The van der Waals surface area contributed by atoms with Gasteiger partial charge in [0, 0.05) is 34.1 Å². The van der Waals surface area contributed by atoms with E-state index in [-0.39, 0.29) is 23.3 Å². The molecule has 39 heavy (non-hydrogen) atoms. The van der Waals surface area contributed by atoms with E-state index in [1.165, 1.54) is 19.3 Å². The van der Waals surface area contributed by atoms with E-state index in [0.29, 0.717) is 23.0 Å². The van der Waals surface area contributed by atoms with Gasteiger partial charge in [0.2, 0.25) is 11.7 Å². The van der Waals surface area contributed by atoms with Gasteiger partial charge in [0.25, 0.3) is 0 Å². The van der Waals surface area contributed by atoms with Crippen LogP contribution < -0.4 is 5.73 Å². The first-order valence-corrected chi connectivity index (χ1v) is 14.8. The van der Waals surface area contributed by atoms with Gasteiger partial charge in [0.1, 0.15) is 17.4 Å². The number of hydrogen-bond donors (Lipinski definition) is 5. The lowest BCUT2D eigenvalue weighted by Gasteiger charge is -2.53. The molecule has 5 rings (SSSR count). The maximum atomic E-state index is 14.0. The predicted octanol–water partition coefficient (Wildman–Crippen LogP) is 2.00. The van der Waals surface area contributed by atoms with Crippen molar-refractivity contribution in [1.29, 1.82) is 0 Å². The van der Waals surface area contributed by atoms with Gasteiger partial charge in [-0.15, -0.1) is 0 Å². The van der Waals surface area contributed by atoms with E-state index in [0.717, 1.165) is 24.0 Å². The van der Waals surface area contributed by atoms with Gasteiger partial charge in [-0.3, -0.25) is 14.4 Å². The molecule has 4 aliphatic rings. The fraction of sp³-hybridized carbons (Fsp3) is 0.621. The number of carbonyl (C=O) groups excluding carboxylic acids is 3. The number of benzene rings is 1. The summed E-state index contributed by atoms with van der Waals surface area (Å²) in [7, 11) is 3.28. The molecule has 1 aromatic rings. The molecule has 1 aromatic carbocycles. The molecule has 0 bridgehead atoms. The Labute approximate surface area is 232 Å². The van der Waals surface area contributed by atoms with Crippen LogP contribution in [0.5, 0.6) is 5.75 Å². The monoisotopic (exact) mass is 558 g/mol. The highest BCUT2D eigenvalue weighted by Crippen LogP contribution is 2.53. The van der Waals surface area contributed by atoms with Crippen molar-refractivity contribution < 1.29 is 34.8 Å². The zero-order valence-electron chi connectivity index (χ0n) is 22.6. The standard InChI is InChI=1S/C29H38N2O7S/c1-13-9-15(12-39-16-7-5-4-6-8-16)23(32)20-17(13)10-14-11-18-22(31(2)3)25(34)21(28(30)37)27(36)29(18,38)26(35)19(14)24(20)33/h9,14,16,18,21-22,25,32-34,38H,4-8,10-12H2,1-3H3,(H2,30,37). The van der Waals surface area contributed by atoms with Gasteiger partial charge in [-0.25, -0.2) is 0 Å². The van der Waals surface area contributed by atoms with Crippen LogP contribution in [-0.2, 0) is 26.6 Å². The van der Waals surface area contributed by atoms with Crippen molar-refractivity contribution in [2.24, 2.45) is 23.5 Å². The summed E-state index contributed by atoms with van der Waals surface area (Å²) in [6.45, 7) is 1.92. The quantitative estimate of drug-likeness (QED) is 0.340. The molecule has 0 heterocycles. The van der Waals surface area contributed by atoms with Crippen LogP contribution in [-0.4, -0.2) is 79.9 Å². The summed E-state index contributed by atoms with van der Waals surface area (Å²) < 4.78 is 0. The topological polar surface area (TPSA) is 161 Å². The molecule has 0 saturated heterocycles. The van der Waals surface area contributed by atoms with Crippen molar-refractivity contribution in [3.05, 3.63) is 33.9 Å². The largest absolute Gasteiger partial charge is 0.507 e. The first-order chi connectivity index (χ1) is 18.4. The molecule has 9 nitrogen and oxygen atoms in total. The Morgan fingerprint density at radius 2 is 1.85 bits per heavy atom. The average Bonchev–Trinajstić information content (AvgIpc) is 2.87. The number of amides is 1. The van der Waals surface area contributed by atoms with Crippen molar-refractivity contribution in [2.45, 2.75) is 80.6 Å². The summed E-state index contributed by atoms with van der Waals surface area (Å²) in [5, 5.41) is 46.0. The smallest absolute Gasteiger partial charge is 0.230 e. The summed E-state index contributed by atoms with van der Waals surface area (Å²) in [5.41, 5.74) is 5.15. The number of fused-ring (bicyclic) bond motifs is 3. The number of hydrogen-bond acceptors (Lipinski definition) is 9. The molecule has 212 valence electrons. The number of aromatic hydroxyl groups is 1. The second-order valence-electron chi connectivity index (χ2n) is 11.9. The van der Waals surface area contributed by atoms with Gasteiger partial charge in [-0.1, -0.05) is 25.3 Å². The molecule has 6 unspecified atom stereocenters. The van der Waals surface area contributed by atoms with Crippen LogP contribution >= 0.6 is 11.8 Å². The van der Waals surface area contributed by atoms with Gasteiger partial charge in [0.15, 0.2) is 11.4 Å². The second kappa shape index (κ2) is 10.2. The molecule has 0 aromatic heterocycles. The van der Waals surface area contributed by atoms with Gasteiger partial charge < -0.3 is 31.1 Å². The first-order valence-electron chi connectivity index (χ1n) is 13.7. The van der Waals surface area contributed by atoms with E-state index >= 15 is 0 Å². The number of thioether (sulfide) groups is 1. The fourth-order valence-electron chi connectivity index (χ4n) is 7.48. The third-order valence-electron chi connectivity index (χ3n) is 9.42. The molecule has 0 aliphatic heterocycles. The molecule has 3 saturated carbocycles. The Morgan fingerprint density at radius 3 is 2.46 bits per heavy atom. The number of Topliss-reactive ketones (excluding diaryl/α,β-unsaturated/α-hetero) is 2. The van der Waals surface area contributed by atoms with Crippen molar-refractivity contribution in [3.8, 4) is 5.75 Å². The molecule has 6 atom stereocenters. The van der Waals surface area contributed by atoms with Crippen molar-refractivity contribution in [3.63, 3.8) is 0 Å². The number of phenols is 1. The molecular formula is C29H38N2O7S. The SMILES string of the molecule is Cc1cc(CSC2CCCCC2)c(O)c2c1CC1CC3C(N(C)C)C(O)C(C(N)=O)C(=O)C3(O)C(=O)C1=C2O. The first kappa shape index (κ1) is 28.1. The molecule has 10 heteroatoms. The number of aliphatic hydroxyl groups excluding tert-OH is 2. The summed E-state index contributed by atoms with van der Waals surface area (Å²) in [4.78, 5) is 41.2. The molecule has 3 fully saturated rings. The van der Waals surface area contributed by atoms with Crippen molar-refractivity contribution >= 4 is 35.0 Å². The number of rotatable bonds is 5. The minimum atomic E-state index is -2.63. The number of nitrogens with zero attached hydrogens (tertiary/aromatic N) is 1.